The highest BCUT2D eigenvalue weighted by atomic mass is 14.8. The van der Waals surface area contributed by atoms with Crippen molar-refractivity contribution in [2.75, 3.05) is 0 Å². The number of benzene rings is 2. The Bertz CT molecular complexity index is 768. The molecule has 2 aromatic rings. The predicted molar refractivity (Wildman–Crippen MR) is 87.8 cm³/mol. The van der Waals surface area contributed by atoms with Crippen LogP contribution in [0.5, 0.6) is 0 Å². The summed E-state index contributed by atoms with van der Waals surface area (Å²) in [5.74, 6) is 0. The fourth-order valence-corrected chi connectivity index (χ4v) is 4.20. The molecule has 108 valence electrons. The molecule has 0 aromatic heterocycles. The molecular formula is C20H18N2. The molecule has 0 saturated heterocycles. The lowest BCUT2D eigenvalue weighted by Gasteiger charge is -2.28. The third-order valence-corrected chi connectivity index (χ3v) is 5.33. The Morgan fingerprint density at radius 1 is 0.864 bits per heavy atom. The van der Waals surface area contributed by atoms with Gasteiger partial charge in [0.05, 0.1) is 5.71 Å². The second kappa shape index (κ2) is 5.10. The molecule has 0 atom stereocenters. The molecule has 1 spiro atoms. The van der Waals surface area contributed by atoms with Crippen LogP contribution in [0.1, 0.15) is 35.1 Å². The van der Waals surface area contributed by atoms with Crippen LogP contribution in [0.3, 0.4) is 0 Å². The minimum Gasteiger partial charge on any atom is -0.177 e. The van der Waals surface area contributed by atoms with Crippen molar-refractivity contribution in [1.82, 2.24) is 0 Å². The Morgan fingerprint density at radius 3 is 2.09 bits per heavy atom. The molecule has 0 heterocycles. The van der Waals surface area contributed by atoms with Crippen molar-refractivity contribution in [3.63, 3.8) is 0 Å². The van der Waals surface area contributed by atoms with E-state index in [9.17, 15) is 5.26 Å². The number of hydrogen-bond acceptors (Lipinski definition) is 2. The summed E-state index contributed by atoms with van der Waals surface area (Å²) < 4.78 is 0. The summed E-state index contributed by atoms with van der Waals surface area (Å²) in [7, 11) is 0. The summed E-state index contributed by atoms with van der Waals surface area (Å²) in [6.07, 6.45) is 7.40. The number of nitrogens with zero attached hydrogens (tertiary/aromatic N) is 2. The van der Waals surface area contributed by atoms with Gasteiger partial charge in [-0.15, -0.1) is 0 Å². The van der Waals surface area contributed by atoms with Crippen LogP contribution >= 0.6 is 0 Å². The minimum absolute atomic E-state index is 0.0401. The van der Waals surface area contributed by atoms with Crippen molar-refractivity contribution < 1.29 is 0 Å². The molecule has 22 heavy (non-hydrogen) atoms. The van der Waals surface area contributed by atoms with Crippen molar-refractivity contribution >= 4 is 5.71 Å². The van der Waals surface area contributed by atoms with Crippen LogP contribution in [-0.2, 0) is 19.3 Å². The summed E-state index contributed by atoms with van der Waals surface area (Å²) in [6.45, 7) is 0. The van der Waals surface area contributed by atoms with Gasteiger partial charge in [-0.25, -0.2) is 0 Å². The van der Waals surface area contributed by atoms with Gasteiger partial charge in [-0.1, -0.05) is 48.5 Å². The first-order chi connectivity index (χ1) is 10.8. The molecule has 4 rings (SSSR count). The normalized spacial score (nSPS) is 20.2. The molecule has 0 fully saturated rings. The molecule has 2 aromatic carbocycles. The van der Waals surface area contributed by atoms with Gasteiger partial charge in [-0.2, -0.15) is 10.3 Å². The van der Waals surface area contributed by atoms with E-state index in [0.29, 0.717) is 0 Å². The smallest absolute Gasteiger partial charge is 0.177 e. The Morgan fingerprint density at radius 2 is 1.45 bits per heavy atom. The van der Waals surface area contributed by atoms with Crippen molar-refractivity contribution in [2.45, 2.75) is 32.1 Å². The van der Waals surface area contributed by atoms with Gasteiger partial charge in [0.2, 0.25) is 6.19 Å². The SMILES string of the molecule is N#C/N=C1\c2ccccc2CC12CCc1ccccc1CC2. The van der Waals surface area contributed by atoms with E-state index in [2.05, 4.69) is 59.7 Å². The molecule has 0 unspecified atom stereocenters. The number of aliphatic imine (C=N–C) groups is 1. The first-order valence-electron chi connectivity index (χ1n) is 7.95. The van der Waals surface area contributed by atoms with Gasteiger partial charge in [0.25, 0.3) is 0 Å². The predicted octanol–water partition coefficient (Wildman–Crippen LogP) is 4.08. The maximum atomic E-state index is 9.17. The third-order valence-electron chi connectivity index (χ3n) is 5.33. The van der Waals surface area contributed by atoms with Gasteiger partial charge in [0.1, 0.15) is 0 Å². The molecule has 2 aliphatic carbocycles. The lowest BCUT2D eigenvalue weighted by Crippen LogP contribution is -2.29. The molecule has 0 N–H and O–H groups in total. The molecule has 0 amide bonds. The van der Waals surface area contributed by atoms with Gasteiger partial charge in [-0.05, 0) is 48.8 Å². The van der Waals surface area contributed by atoms with Crippen LogP contribution in [0.15, 0.2) is 53.5 Å². The second-order valence-corrected chi connectivity index (χ2v) is 6.44. The quantitative estimate of drug-likeness (QED) is 0.672. The summed E-state index contributed by atoms with van der Waals surface area (Å²) in [4.78, 5) is 4.27. The first-order valence-corrected chi connectivity index (χ1v) is 7.95. The van der Waals surface area contributed by atoms with Gasteiger partial charge >= 0.3 is 0 Å². The van der Waals surface area contributed by atoms with E-state index >= 15 is 0 Å². The zero-order valence-corrected chi connectivity index (χ0v) is 12.5. The largest absolute Gasteiger partial charge is 0.205 e. The Labute approximate surface area is 131 Å². The molecule has 0 aliphatic heterocycles. The molecule has 2 heteroatoms. The van der Waals surface area contributed by atoms with Gasteiger partial charge in [0, 0.05) is 11.0 Å². The van der Waals surface area contributed by atoms with Gasteiger partial charge in [-0.3, -0.25) is 0 Å². The molecule has 0 radical (unpaired) electrons. The summed E-state index contributed by atoms with van der Waals surface area (Å²) >= 11 is 0. The van der Waals surface area contributed by atoms with Gasteiger partial charge < -0.3 is 0 Å². The van der Waals surface area contributed by atoms with E-state index in [0.717, 1.165) is 37.8 Å². The van der Waals surface area contributed by atoms with Crippen molar-refractivity contribution in [2.24, 2.45) is 10.4 Å². The fourth-order valence-electron chi connectivity index (χ4n) is 4.20. The Hall–Kier alpha value is -2.40. The highest BCUT2D eigenvalue weighted by Gasteiger charge is 2.43. The Balaban J connectivity index is 1.77. The summed E-state index contributed by atoms with van der Waals surface area (Å²) in [5, 5.41) is 9.17. The number of fused-ring (bicyclic) bond motifs is 2. The van der Waals surface area contributed by atoms with Crippen LogP contribution in [0.4, 0.5) is 0 Å². The molecule has 2 nitrogen and oxygen atoms in total. The minimum atomic E-state index is 0.0401. The van der Waals surface area contributed by atoms with Gasteiger partial charge in [0.15, 0.2) is 0 Å². The number of nitriles is 1. The van der Waals surface area contributed by atoms with Crippen molar-refractivity contribution in [3.8, 4) is 6.19 Å². The average molecular weight is 286 g/mol. The summed E-state index contributed by atoms with van der Waals surface area (Å²) in [5.41, 5.74) is 6.53. The lowest BCUT2D eigenvalue weighted by atomic mass is 9.76. The molecule has 2 aliphatic rings. The van der Waals surface area contributed by atoms with E-state index in [1.165, 1.54) is 22.3 Å². The highest BCUT2D eigenvalue weighted by molar-refractivity contribution is 6.09. The van der Waals surface area contributed by atoms with Crippen LogP contribution in [0.25, 0.3) is 0 Å². The topological polar surface area (TPSA) is 36.1 Å². The van der Waals surface area contributed by atoms with E-state index in [1.54, 1.807) is 0 Å². The first kappa shape index (κ1) is 13.3. The maximum absolute atomic E-state index is 9.17. The van der Waals surface area contributed by atoms with E-state index in [1.807, 2.05) is 0 Å². The molecular weight excluding hydrogens is 268 g/mol. The van der Waals surface area contributed by atoms with Crippen LogP contribution in [0.2, 0.25) is 0 Å². The van der Waals surface area contributed by atoms with Crippen molar-refractivity contribution in [1.29, 1.82) is 5.26 Å². The number of hydrogen-bond donors (Lipinski definition) is 0. The van der Waals surface area contributed by atoms with Crippen LogP contribution in [0, 0.1) is 16.9 Å². The van der Waals surface area contributed by atoms with Crippen LogP contribution < -0.4 is 0 Å². The van der Waals surface area contributed by atoms with E-state index in [4.69, 9.17) is 0 Å². The summed E-state index contributed by atoms with van der Waals surface area (Å²) in [6, 6.07) is 17.2. The fraction of sp³-hybridized carbons (Fsp3) is 0.300. The molecule has 0 bridgehead atoms. The average Bonchev–Trinajstić information content (AvgIpc) is 2.73. The molecule has 0 saturated carbocycles. The second-order valence-electron chi connectivity index (χ2n) is 6.44. The van der Waals surface area contributed by atoms with Crippen molar-refractivity contribution in [3.05, 3.63) is 70.8 Å². The van der Waals surface area contributed by atoms with Crippen LogP contribution in [-0.4, -0.2) is 5.71 Å². The standard InChI is InChI=1S/C20H18N2/c21-14-22-19-18-8-4-3-7-17(18)13-20(19)11-9-15-5-1-2-6-16(15)10-12-20/h1-8H,9-13H2/b22-19+. The zero-order valence-electron chi connectivity index (χ0n) is 12.5. The Kier molecular flexibility index (Phi) is 3.08. The van der Waals surface area contributed by atoms with E-state index < -0.39 is 0 Å². The maximum Gasteiger partial charge on any atom is 0.205 e. The number of aryl methyl sites for hydroxylation is 2. The monoisotopic (exact) mass is 286 g/mol. The number of rotatable bonds is 0. The zero-order chi connectivity index (χ0) is 15.0. The lowest BCUT2D eigenvalue weighted by molar-refractivity contribution is 0.376. The third kappa shape index (κ3) is 1.97. The highest BCUT2D eigenvalue weighted by Crippen LogP contribution is 2.46. The van der Waals surface area contributed by atoms with E-state index in [-0.39, 0.29) is 5.41 Å².